The Morgan fingerprint density at radius 3 is 2.73 bits per heavy atom. The summed E-state index contributed by atoms with van der Waals surface area (Å²) < 4.78 is 4.88. The molecule has 1 aliphatic heterocycles. The van der Waals surface area contributed by atoms with Crippen LogP contribution < -0.4 is 15.5 Å². The Hall–Kier alpha value is -2.12. The molecule has 0 bridgehead atoms. The molecule has 118 valence electrons. The Balaban J connectivity index is 0.00000176. The van der Waals surface area contributed by atoms with Gasteiger partial charge >= 0.3 is 0 Å². The molecule has 8 heteroatoms. The molecule has 0 spiro atoms. The van der Waals surface area contributed by atoms with Crippen molar-refractivity contribution in [2.24, 2.45) is 0 Å². The summed E-state index contributed by atoms with van der Waals surface area (Å²) in [6.45, 7) is 5.62. The lowest BCUT2D eigenvalue weighted by Crippen LogP contribution is -2.43. The molecule has 2 aromatic heterocycles. The van der Waals surface area contributed by atoms with E-state index in [2.05, 4.69) is 25.7 Å². The van der Waals surface area contributed by atoms with E-state index in [0.29, 0.717) is 11.6 Å². The summed E-state index contributed by atoms with van der Waals surface area (Å²) in [6.07, 6.45) is 1.77. The molecule has 0 unspecified atom stereocenters. The van der Waals surface area contributed by atoms with Gasteiger partial charge in [0.25, 0.3) is 5.91 Å². The number of aryl methyl sites for hydroxylation is 1. The number of nitrogens with one attached hydrogen (secondary N) is 2. The number of nitrogens with zero attached hydrogens (tertiary/aromatic N) is 3. The average molecular weight is 324 g/mol. The first kappa shape index (κ1) is 16.3. The summed E-state index contributed by atoms with van der Waals surface area (Å²) in [5, 5.41) is 9.68. The fourth-order valence-corrected chi connectivity index (χ4v) is 2.22. The predicted molar refractivity (Wildman–Crippen MR) is 85.8 cm³/mol. The molecular formula is C14H18ClN5O2. The van der Waals surface area contributed by atoms with Crippen LogP contribution in [0.3, 0.4) is 0 Å². The summed E-state index contributed by atoms with van der Waals surface area (Å²) in [5.74, 6) is 0.774. The van der Waals surface area contributed by atoms with E-state index < -0.39 is 0 Å². The van der Waals surface area contributed by atoms with Crippen molar-refractivity contribution in [2.45, 2.75) is 6.92 Å². The normalized spacial score (nSPS) is 14.3. The Labute approximate surface area is 134 Å². The maximum atomic E-state index is 11.9. The predicted octanol–water partition coefficient (Wildman–Crippen LogP) is 1.46. The molecule has 2 N–H and O–H groups in total. The molecule has 0 aromatic carbocycles. The van der Waals surface area contributed by atoms with Crippen molar-refractivity contribution in [1.29, 1.82) is 0 Å². The molecule has 0 radical (unpaired) electrons. The molecule has 2 aromatic rings. The van der Waals surface area contributed by atoms with Crippen LogP contribution in [0.4, 0.5) is 11.5 Å². The number of carbonyl (C=O) groups is 1. The number of halogens is 1. The van der Waals surface area contributed by atoms with Gasteiger partial charge in [0.2, 0.25) is 0 Å². The van der Waals surface area contributed by atoms with Gasteiger partial charge in [0.15, 0.2) is 5.69 Å². The third-order valence-electron chi connectivity index (χ3n) is 3.33. The van der Waals surface area contributed by atoms with E-state index >= 15 is 0 Å². The first-order valence-electron chi connectivity index (χ1n) is 6.89. The Morgan fingerprint density at radius 2 is 2.14 bits per heavy atom. The topological polar surface area (TPSA) is 83.3 Å². The van der Waals surface area contributed by atoms with Gasteiger partial charge in [0, 0.05) is 32.2 Å². The van der Waals surface area contributed by atoms with Crippen molar-refractivity contribution in [3.05, 3.63) is 35.9 Å². The summed E-state index contributed by atoms with van der Waals surface area (Å²) in [6, 6.07) is 5.34. The minimum absolute atomic E-state index is 0. The molecule has 3 rings (SSSR count). The highest BCUT2D eigenvalue weighted by molar-refractivity contribution is 6.02. The van der Waals surface area contributed by atoms with Crippen LogP contribution >= 0.6 is 12.4 Å². The first-order chi connectivity index (χ1) is 10.2. The molecule has 0 saturated carbocycles. The number of amides is 1. The van der Waals surface area contributed by atoms with Crippen LogP contribution in [0, 0.1) is 6.92 Å². The van der Waals surface area contributed by atoms with Crippen LogP contribution in [0.15, 0.2) is 28.9 Å². The van der Waals surface area contributed by atoms with E-state index in [-0.39, 0.29) is 24.0 Å². The van der Waals surface area contributed by atoms with Gasteiger partial charge in [-0.3, -0.25) is 4.79 Å². The van der Waals surface area contributed by atoms with Gasteiger partial charge in [0.1, 0.15) is 11.6 Å². The lowest BCUT2D eigenvalue weighted by Gasteiger charge is -2.29. The number of piperazine rings is 1. The van der Waals surface area contributed by atoms with Crippen molar-refractivity contribution in [3.63, 3.8) is 0 Å². The number of anilines is 2. The molecule has 1 saturated heterocycles. The molecule has 7 nitrogen and oxygen atoms in total. The lowest BCUT2D eigenvalue weighted by atomic mass is 10.3. The monoisotopic (exact) mass is 323 g/mol. The van der Waals surface area contributed by atoms with E-state index in [1.807, 2.05) is 6.07 Å². The molecule has 0 atom stereocenters. The fraction of sp³-hybridized carbons (Fsp3) is 0.357. The zero-order chi connectivity index (χ0) is 14.7. The highest BCUT2D eigenvalue weighted by Crippen LogP contribution is 2.16. The second-order valence-electron chi connectivity index (χ2n) is 4.92. The summed E-state index contributed by atoms with van der Waals surface area (Å²) in [7, 11) is 0. The van der Waals surface area contributed by atoms with Crippen molar-refractivity contribution in [1.82, 2.24) is 15.5 Å². The molecule has 1 amide bonds. The van der Waals surface area contributed by atoms with Crippen LogP contribution in [0.1, 0.15) is 16.2 Å². The van der Waals surface area contributed by atoms with Gasteiger partial charge in [-0.25, -0.2) is 4.98 Å². The number of hydrogen-bond acceptors (Lipinski definition) is 6. The zero-order valence-corrected chi connectivity index (χ0v) is 13.0. The molecular weight excluding hydrogens is 306 g/mol. The van der Waals surface area contributed by atoms with Gasteiger partial charge in [-0.05, 0) is 19.1 Å². The number of pyridine rings is 1. The van der Waals surface area contributed by atoms with Crippen LogP contribution in [-0.4, -0.2) is 42.2 Å². The molecule has 3 heterocycles. The second kappa shape index (κ2) is 7.24. The third kappa shape index (κ3) is 3.75. The van der Waals surface area contributed by atoms with Crippen molar-refractivity contribution in [2.75, 3.05) is 36.4 Å². The van der Waals surface area contributed by atoms with Crippen LogP contribution in [-0.2, 0) is 0 Å². The summed E-state index contributed by atoms with van der Waals surface area (Å²) in [4.78, 5) is 18.5. The van der Waals surface area contributed by atoms with Gasteiger partial charge in [-0.15, -0.1) is 12.4 Å². The van der Waals surface area contributed by atoms with E-state index in [9.17, 15) is 4.79 Å². The average Bonchev–Trinajstić information content (AvgIpc) is 2.96. The number of rotatable bonds is 3. The van der Waals surface area contributed by atoms with Crippen molar-refractivity contribution >= 4 is 29.8 Å². The zero-order valence-electron chi connectivity index (χ0n) is 12.2. The van der Waals surface area contributed by atoms with Crippen LogP contribution in [0.2, 0.25) is 0 Å². The summed E-state index contributed by atoms with van der Waals surface area (Å²) >= 11 is 0. The number of hydrogen-bond donors (Lipinski definition) is 2. The number of carbonyl (C=O) groups excluding carboxylic acids is 1. The largest absolute Gasteiger partial charge is 0.368 e. The smallest absolute Gasteiger partial charge is 0.279 e. The Morgan fingerprint density at radius 1 is 1.36 bits per heavy atom. The highest BCUT2D eigenvalue weighted by Gasteiger charge is 2.13. The number of aromatic nitrogens is 2. The van der Waals surface area contributed by atoms with E-state index in [1.54, 1.807) is 25.3 Å². The van der Waals surface area contributed by atoms with Crippen molar-refractivity contribution in [3.8, 4) is 0 Å². The molecule has 0 aliphatic carbocycles. The first-order valence-corrected chi connectivity index (χ1v) is 6.89. The maximum absolute atomic E-state index is 11.9. The molecule has 1 aliphatic rings. The van der Waals surface area contributed by atoms with Gasteiger partial charge in [-0.1, -0.05) is 5.16 Å². The van der Waals surface area contributed by atoms with E-state index in [4.69, 9.17) is 4.52 Å². The maximum Gasteiger partial charge on any atom is 0.279 e. The fourth-order valence-electron chi connectivity index (χ4n) is 2.22. The second-order valence-corrected chi connectivity index (χ2v) is 4.92. The minimum Gasteiger partial charge on any atom is -0.368 e. The van der Waals surface area contributed by atoms with E-state index in [1.165, 1.54) is 0 Å². The van der Waals surface area contributed by atoms with Gasteiger partial charge < -0.3 is 20.1 Å². The van der Waals surface area contributed by atoms with E-state index in [0.717, 1.165) is 31.9 Å². The standard InChI is InChI=1S/C14H17N5O2.ClH/c1-10-8-12(18-21-10)14(20)17-13-3-2-11(9-16-13)19-6-4-15-5-7-19;/h2-3,8-9,15H,4-7H2,1H3,(H,16,17,20);1H. The van der Waals surface area contributed by atoms with Crippen LogP contribution in [0.5, 0.6) is 0 Å². The summed E-state index contributed by atoms with van der Waals surface area (Å²) in [5.41, 5.74) is 1.31. The van der Waals surface area contributed by atoms with Gasteiger partial charge in [0.05, 0.1) is 11.9 Å². The quantitative estimate of drug-likeness (QED) is 0.890. The third-order valence-corrected chi connectivity index (χ3v) is 3.33. The van der Waals surface area contributed by atoms with Crippen LogP contribution in [0.25, 0.3) is 0 Å². The minimum atomic E-state index is -0.325. The molecule has 1 fully saturated rings. The SMILES string of the molecule is Cc1cc(C(=O)Nc2ccc(N3CCNCC3)cn2)no1.Cl. The molecule has 22 heavy (non-hydrogen) atoms. The van der Waals surface area contributed by atoms with Gasteiger partial charge in [-0.2, -0.15) is 0 Å². The Bertz CT molecular complexity index is 622. The van der Waals surface area contributed by atoms with Crippen molar-refractivity contribution < 1.29 is 9.32 Å². The highest BCUT2D eigenvalue weighted by atomic mass is 35.5. The lowest BCUT2D eigenvalue weighted by molar-refractivity contribution is 0.101. The Kier molecular flexibility index (Phi) is 5.35.